The highest BCUT2D eigenvalue weighted by molar-refractivity contribution is 5.80. The summed E-state index contributed by atoms with van der Waals surface area (Å²) in [6.07, 6.45) is 3.73. The van der Waals surface area contributed by atoms with Crippen LogP contribution in [0.3, 0.4) is 0 Å². The average Bonchev–Trinajstić information content (AvgIpc) is 3.20. The molecule has 0 fully saturated rings. The molecular weight excluding hydrogens is 324 g/mol. The Morgan fingerprint density at radius 2 is 1.92 bits per heavy atom. The lowest BCUT2D eigenvalue weighted by Crippen LogP contribution is -2.23. The highest BCUT2D eigenvalue weighted by Gasteiger charge is 2.18. The third-order valence-corrected chi connectivity index (χ3v) is 3.91. The molecule has 10 heteroatoms. The fraction of sp³-hybridized carbons (Fsp3) is 0.200. The van der Waals surface area contributed by atoms with E-state index in [9.17, 15) is 9.59 Å². The average molecular weight is 338 g/mol. The lowest BCUT2D eigenvalue weighted by Gasteiger charge is -2.04. The van der Waals surface area contributed by atoms with Crippen LogP contribution in [0.2, 0.25) is 0 Å². The monoisotopic (exact) mass is 338 g/mol. The van der Waals surface area contributed by atoms with E-state index in [-0.39, 0.29) is 23.0 Å². The molecule has 0 aliphatic carbocycles. The number of H-pyrrole nitrogens is 2. The molecule has 0 bridgehead atoms. The number of aromatic nitrogens is 8. The highest BCUT2D eigenvalue weighted by atomic mass is 16.1. The zero-order valence-corrected chi connectivity index (χ0v) is 13.5. The molecule has 0 spiro atoms. The molecule has 126 valence electrons. The van der Waals surface area contributed by atoms with Crippen molar-refractivity contribution in [1.82, 2.24) is 39.5 Å². The molecule has 0 radical (unpaired) electrons. The Balaban J connectivity index is 2.01. The second kappa shape index (κ2) is 5.51. The maximum absolute atomic E-state index is 12.8. The van der Waals surface area contributed by atoms with Gasteiger partial charge in [0.1, 0.15) is 5.82 Å². The van der Waals surface area contributed by atoms with Crippen molar-refractivity contribution >= 4 is 10.9 Å². The van der Waals surface area contributed by atoms with Crippen LogP contribution >= 0.6 is 0 Å². The van der Waals surface area contributed by atoms with Gasteiger partial charge in [-0.25, -0.2) is 14.5 Å². The molecule has 0 unspecified atom stereocenters. The van der Waals surface area contributed by atoms with Crippen LogP contribution < -0.4 is 11.1 Å². The molecule has 0 saturated carbocycles. The first-order valence-electron chi connectivity index (χ1n) is 7.66. The first-order valence-corrected chi connectivity index (χ1v) is 7.66. The van der Waals surface area contributed by atoms with Crippen LogP contribution in [0.25, 0.3) is 22.8 Å². The van der Waals surface area contributed by atoms with Crippen LogP contribution in [0, 0.1) is 6.92 Å². The molecule has 0 saturated heterocycles. The van der Waals surface area contributed by atoms with Crippen molar-refractivity contribution in [1.29, 1.82) is 0 Å². The third-order valence-electron chi connectivity index (χ3n) is 3.91. The molecule has 0 aromatic carbocycles. The quantitative estimate of drug-likeness (QED) is 0.551. The van der Waals surface area contributed by atoms with Crippen molar-refractivity contribution in [2.24, 2.45) is 0 Å². The van der Waals surface area contributed by atoms with Crippen molar-refractivity contribution in [2.75, 3.05) is 0 Å². The van der Waals surface area contributed by atoms with E-state index in [0.29, 0.717) is 28.8 Å². The molecule has 25 heavy (non-hydrogen) atoms. The minimum atomic E-state index is -0.348. The smallest absolute Gasteiger partial charge is 0.283 e. The van der Waals surface area contributed by atoms with Gasteiger partial charge in [-0.05, 0) is 13.0 Å². The molecule has 4 heterocycles. The predicted molar refractivity (Wildman–Crippen MR) is 89.1 cm³/mol. The molecule has 10 nitrogen and oxygen atoms in total. The Hall–Kier alpha value is -3.56. The topological polar surface area (TPSA) is 127 Å². The Labute approximate surface area is 140 Å². The molecule has 0 aliphatic heterocycles. The second-order valence-corrected chi connectivity index (χ2v) is 5.43. The summed E-state index contributed by atoms with van der Waals surface area (Å²) in [6.45, 7) is 3.60. The van der Waals surface area contributed by atoms with Gasteiger partial charge in [0.25, 0.3) is 23.0 Å². The van der Waals surface area contributed by atoms with E-state index in [1.54, 1.807) is 13.0 Å². The van der Waals surface area contributed by atoms with Crippen molar-refractivity contribution in [2.45, 2.75) is 20.3 Å². The van der Waals surface area contributed by atoms with Gasteiger partial charge in [-0.3, -0.25) is 19.8 Å². The summed E-state index contributed by atoms with van der Waals surface area (Å²) in [5.74, 6) is 1.07. The Bertz CT molecular complexity index is 1180. The summed E-state index contributed by atoms with van der Waals surface area (Å²) in [7, 11) is 0. The molecule has 0 aliphatic rings. The standard InChI is InChI=1S/C15H14N8O2/c1-3-10-18-15(20-19-10)22-8(2)12-9(7-11(22)24)21-23(13(12)25)14-16-5-4-6-17-14/h4-7,21H,3H2,1-2H3,(H,18,19,20). The van der Waals surface area contributed by atoms with Gasteiger partial charge in [0.05, 0.1) is 10.9 Å². The fourth-order valence-electron chi connectivity index (χ4n) is 2.71. The molecule has 4 aromatic heterocycles. The van der Waals surface area contributed by atoms with Gasteiger partial charge < -0.3 is 0 Å². The SMILES string of the molecule is CCc1nc(-n2c(C)c3c(=O)n(-c4ncccn4)[nH]c3cc2=O)n[nH]1. The minimum Gasteiger partial charge on any atom is -0.287 e. The van der Waals surface area contributed by atoms with Crippen LogP contribution in [0.1, 0.15) is 18.4 Å². The van der Waals surface area contributed by atoms with Crippen molar-refractivity contribution in [3.05, 3.63) is 56.8 Å². The number of nitrogens with zero attached hydrogens (tertiary/aromatic N) is 6. The summed E-state index contributed by atoms with van der Waals surface area (Å²) >= 11 is 0. The van der Waals surface area contributed by atoms with E-state index in [2.05, 4.69) is 30.2 Å². The number of aromatic amines is 2. The number of aryl methyl sites for hydroxylation is 2. The minimum absolute atomic E-state index is 0.202. The van der Waals surface area contributed by atoms with Gasteiger partial charge in [-0.2, -0.15) is 9.67 Å². The van der Waals surface area contributed by atoms with Crippen LogP contribution in [0.4, 0.5) is 0 Å². The van der Waals surface area contributed by atoms with E-state index in [1.807, 2.05) is 6.92 Å². The largest absolute Gasteiger partial charge is 0.287 e. The van der Waals surface area contributed by atoms with E-state index < -0.39 is 0 Å². The van der Waals surface area contributed by atoms with Crippen LogP contribution in [0.5, 0.6) is 0 Å². The van der Waals surface area contributed by atoms with Crippen LogP contribution in [0.15, 0.2) is 34.1 Å². The summed E-state index contributed by atoms with van der Waals surface area (Å²) in [6, 6.07) is 2.99. The maximum Gasteiger partial charge on any atom is 0.283 e. The number of fused-ring (bicyclic) bond motifs is 1. The van der Waals surface area contributed by atoms with E-state index in [4.69, 9.17) is 0 Å². The van der Waals surface area contributed by atoms with E-state index in [0.717, 1.165) is 0 Å². The summed E-state index contributed by atoms with van der Waals surface area (Å²) in [5.41, 5.74) is 0.162. The normalized spacial score (nSPS) is 11.3. The number of rotatable bonds is 3. The third kappa shape index (κ3) is 2.26. The molecule has 2 N–H and O–H groups in total. The van der Waals surface area contributed by atoms with E-state index >= 15 is 0 Å². The summed E-state index contributed by atoms with van der Waals surface area (Å²) < 4.78 is 2.51. The zero-order valence-electron chi connectivity index (χ0n) is 13.5. The molecule has 0 atom stereocenters. The van der Waals surface area contributed by atoms with E-state index in [1.165, 1.54) is 27.7 Å². The molecular formula is C15H14N8O2. The number of hydrogen-bond donors (Lipinski definition) is 2. The fourth-order valence-corrected chi connectivity index (χ4v) is 2.71. The van der Waals surface area contributed by atoms with Gasteiger partial charge in [0, 0.05) is 30.6 Å². The summed E-state index contributed by atoms with van der Waals surface area (Å²) in [4.78, 5) is 37.7. The van der Waals surface area contributed by atoms with Gasteiger partial charge in [-0.1, -0.05) is 6.92 Å². The van der Waals surface area contributed by atoms with Crippen molar-refractivity contribution < 1.29 is 0 Å². The van der Waals surface area contributed by atoms with Crippen LogP contribution in [-0.2, 0) is 6.42 Å². The Morgan fingerprint density at radius 1 is 1.16 bits per heavy atom. The van der Waals surface area contributed by atoms with Gasteiger partial charge in [-0.15, -0.1) is 5.10 Å². The Morgan fingerprint density at radius 3 is 2.60 bits per heavy atom. The number of nitrogens with one attached hydrogen (secondary N) is 2. The van der Waals surface area contributed by atoms with Crippen molar-refractivity contribution in [3.8, 4) is 11.9 Å². The highest BCUT2D eigenvalue weighted by Crippen LogP contribution is 2.14. The zero-order chi connectivity index (χ0) is 17.6. The first kappa shape index (κ1) is 15.0. The second-order valence-electron chi connectivity index (χ2n) is 5.43. The van der Waals surface area contributed by atoms with Gasteiger partial charge in [0.2, 0.25) is 0 Å². The van der Waals surface area contributed by atoms with Gasteiger partial charge in [0.15, 0.2) is 0 Å². The lowest BCUT2D eigenvalue weighted by molar-refractivity contribution is 0.793. The summed E-state index contributed by atoms with van der Waals surface area (Å²) in [5, 5.41) is 10.1. The predicted octanol–water partition coefficient (Wildman–Crippen LogP) is 0.249. The van der Waals surface area contributed by atoms with Crippen molar-refractivity contribution in [3.63, 3.8) is 0 Å². The molecule has 0 amide bonds. The Kier molecular flexibility index (Phi) is 3.31. The molecule has 4 rings (SSSR count). The molecule has 4 aromatic rings. The number of hydrogen-bond acceptors (Lipinski definition) is 6. The number of pyridine rings is 1. The lowest BCUT2D eigenvalue weighted by atomic mass is 10.2. The van der Waals surface area contributed by atoms with Crippen LogP contribution in [-0.4, -0.2) is 39.5 Å². The maximum atomic E-state index is 12.8. The first-order chi connectivity index (χ1) is 12.1. The van der Waals surface area contributed by atoms with Gasteiger partial charge >= 0.3 is 0 Å².